The van der Waals surface area contributed by atoms with Crippen molar-refractivity contribution in [3.05, 3.63) is 59.7 Å². The molecule has 0 aromatic heterocycles. The summed E-state index contributed by atoms with van der Waals surface area (Å²) in [5.41, 5.74) is 3.76. The van der Waals surface area contributed by atoms with Crippen molar-refractivity contribution in [1.82, 2.24) is 10.2 Å². The highest BCUT2D eigenvalue weighted by Crippen LogP contribution is 2.28. The molecule has 2 aromatic rings. The lowest BCUT2D eigenvalue weighted by molar-refractivity contribution is -0.126. The van der Waals surface area contributed by atoms with Crippen LogP contribution in [0.2, 0.25) is 0 Å². The molecule has 2 aromatic carbocycles. The van der Waals surface area contributed by atoms with Crippen LogP contribution in [-0.4, -0.2) is 49.1 Å². The molecule has 1 N–H and O–H groups in total. The van der Waals surface area contributed by atoms with Gasteiger partial charge in [0.1, 0.15) is 0 Å². The van der Waals surface area contributed by atoms with E-state index in [2.05, 4.69) is 34.5 Å². The van der Waals surface area contributed by atoms with Crippen LogP contribution in [0.5, 0.6) is 0 Å². The summed E-state index contributed by atoms with van der Waals surface area (Å²) >= 11 is 1.65. The summed E-state index contributed by atoms with van der Waals surface area (Å²) in [6.45, 7) is 4.17. The third-order valence-corrected chi connectivity index (χ3v) is 6.75. The van der Waals surface area contributed by atoms with E-state index in [4.69, 9.17) is 0 Å². The SMILES string of the molecule is CSc1cccc(N2C[C@H](C(=O)NCCCN3CCc4ccccc4C3)CC2=O)c1. The lowest BCUT2D eigenvalue weighted by Gasteiger charge is -2.28. The number of benzene rings is 2. The normalized spacial score (nSPS) is 19.0. The number of fused-ring (bicyclic) bond motifs is 1. The molecule has 2 aliphatic rings. The summed E-state index contributed by atoms with van der Waals surface area (Å²) < 4.78 is 0. The molecule has 0 unspecified atom stereocenters. The largest absolute Gasteiger partial charge is 0.356 e. The minimum Gasteiger partial charge on any atom is -0.356 e. The molecule has 0 radical (unpaired) electrons. The molecule has 2 heterocycles. The second kappa shape index (κ2) is 9.67. The molecular weight excluding hydrogens is 394 g/mol. The molecule has 0 aliphatic carbocycles. The molecule has 1 fully saturated rings. The van der Waals surface area contributed by atoms with Gasteiger partial charge >= 0.3 is 0 Å². The van der Waals surface area contributed by atoms with E-state index in [1.807, 2.05) is 30.5 Å². The van der Waals surface area contributed by atoms with Crippen LogP contribution in [0.1, 0.15) is 24.0 Å². The van der Waals surface area contributed by atoms with Gasteiger partial charge in [0.25, 0.3) is 0 Å². The van der Waals surface area contributed by atoms with Gasteiger partial charge in [0.05, 0.1) is 5.92 Å². The third kappa shape index (κ3) is 4.87. The van der Waals surface area contributed by atoms with Gasteiger partial charge in [0, 0.05) is 49.7 Å². The molecule has 5 nitrogen and oxygen atoms in total. The average molecular weight is 424 g/mol. The van der Waals surface area contributed by atoms with Crippen LogP contribution in [0.4, 0.5) is 5.69 Å². The average Bonchev–Trinajstić information content (AvgIpc) is 3.18. The molecule has 4 rings (SSSR count). The first kappa shape index (κ1) is 20.9. The summed E-state index contributed by atoms with van der Waals surface area (Å²) in [7, 11) is 0. The molecule has 30 heavy (non-hydrogen) atoms. The number of nitrogens with zero attached hydrogens (tertiary/aromatic N) is 2. The van der Waals surface area contributed by atoms with Gasteiger partial charge in [-0.1, -0.05) is 30.3 Å². The number of thioether (sulfide) groups is 1. The lowest BCUT2D eigenvalue weighted by atomic mass is 10.00. The lowest BCUT2D eigenvalue weighted by Crippen LogP contribution is -2.36. The van der Waals surface area contributed by atoms with Gasteiger partial charge in [-0.05, 0) is 48.4 Å². The topological polar surface area (TPSA) is 52.7 Å². The van der Waals surface area contributed by atoms with Gasteiger partial charge in [0.2, 0.25) is 11.8 Å². The van der Waals surface area contributed by atoms with Gasteiger partial charge < -0.3 is 10.2 Å². The number of rotatable bonds is 7. The van der Waals surface area contributed by atoms with E-state index in [0.29, 0.717) is 13.1 Å². The third-order valence-electron chi connectivity index (χ3n) is 6.02. The van der Waals surface area contributed by atoms with Crippen molar-refractivity contribution in [2.45, 2.75) is 30.7 Å². The van der Waals surface area contributed by atoms with E-state index in [1.165, 1.54) is 11.1 Å². The fourth-order valence-electron chi connectivity index (χ4n) is 4.31. The van der Waals surface area contributed by atoms with Gasteiger partial charge in [-0.3, -0.25) is 14.5 Å². The number of anilines is 1. The summed E-state index contributed by atoms with van der Waals surface area (Å²) in [5, 5.41) is 3.05. The van der Waals surface area contributed by atoms with Crippen LogP contribution in [0.3, 0.4) is 0 Å². The van der Waals surface area contributed by atoms with Crippen molar-refractivity contribution < 1.29 is 9.59 Å². The Kier molecular flexibility index (Phi) is 6.75. The number of amides is 2. The highest BCUT2D eigenvalue weighted by atomic mass is 32.2. The predicted molar refractivity (Wildman–Crippen MR) is 122 cm³/mol. The Bertz CT molecular complexity index is 917. The zero-order valence-electron chi connectivity index (χ0n) is 17.5. The fourth-order valence-corrected chi connectivity index (χ4v) is 4.77. The second-order valence-electron chi connectivity index (χ2n) is 8.05. The van der Waals surface area contributed by atoms with Crippen molar-refractivity contribution in [3.63, 3.8) is 0 Å². The molecular formula is C24H29N3O2S. The van der Waals surface area contributed by atoms with E-state index in [0.717, 1.165) is 43.1 Å². The molecule has 1 atom stereocenters. The quantitative estimate of drug-likeness (QED) is 0.548. The van der Waals surface area contributed by atoms with Gasteiger partial charge in [0.15, 0.2) is 0 Å². The van der Waals surface area contributed by atoms with E-state index in [1.54, 1.807) is 16.7 Å². The molecule has 0 saturated carbocycles. The Balaban J connectivity index is 1.22. The van der Waals surface area contributed by atoms with E-state index < -0.39 is 0 Å². The Morgan fingerprint density at radius 3 is 2.83 bits per heavy atom. The van der Waals surface area contributed by atoms with Crippen LogP contribution in [0.15, 0.2) is 53.4 Å². The van der Waals surface area contributed by atoms with E-state index >= 15 is 0 Å². The molecule has 158 valence electrons. The molecule has 0 bridgehead atoms. The first-order chi connectivity index (χ1) is 14.6. The van der Waals surface area contributed by atoms with Crippen molar-refractivity contribution >= 4 is 29.3 Å². The molecule has 2 aliphatic heterocycles. The first-order valence-electron chi connectivity index (χ1n) is 10.7. The van der Waals surface area contributed by atoms with Crippen LogP contribution < -0.4 is 10.2 Å². The molecule has 1 saturated heterocycles. The number of nitrogens with one attached hydrogen (secondary N) is 1. The van der Waals surface area contributed by atoms with Crippen molar-refractivity contribution in [1.29, 1.82) is 0 Å². The van der Waals surface area contributed by atoms with Crippen LogP contribution in [-0.2, 0) is 22.6 Å². The summed E-state index contributed by atoms with van der Waals surface area (Å²) in [4.78, 5) is 30.4. The molecule has 2 amide bonds. The fraction of sp³-hybridized carbons (Fsp3) is 0.417. The summed E-state index contributed by atoms with van der Waals surface area (Å²) in [6, 6.07) is 16.6. The minimum atomic E-state index is -0.266. The monoisotopic (exact) mass is 423 g/mol. The van der Waals surface area contributed by atoms with Crippen LogP contribution in [0.25, 0.3) is 0 Å². The molecule has 6 heteroatoms. The zero-order chi connectivity index (χ0) is 20.9. The standard InChI is InChI=1S/C24H29N3O2S/c1-30-22-9-4-8-21(15-22)27-17-20(14-23(27)28)24(29)25-11-5-12-26-13-10-18-6-2-3-7-19(18)16-26/h2-4,6-9,15,20H,5,10-14,16-17H2,1H3,(H,25,29)/t20-/m1/s1. The number of hydrogen-bond acceptors (Lipinski definition) is 4. The second-order valence-corrected chi connectivity index (χ2v) is 8.93. The maximum Gasteiger partial charge on any atom is 0.227 e. The molecule has 0 spiro atoms. The number of hydrogen-bond donors (Lipinski definition) is 1. The van der Waals surface area contributed by atoms with Gasteiger partial charge in [-0.25, -0.2) is 0 Å². The Labute approximate surface area is 182 Å². The number of carbonyl (C=O) groups is 2. The van der Waals surface area contributed by atoms with Crippen molar-refractivity contribution in [2.75, 3.05) is 37.3 Å². The highest BCUT2D eigenvalue weighted by Gasteiger charge is 2.35. The van der Waals surface area contributed by atoms with Crippen molar-refractivity contribution in [2.24, 2.45) is 5.92 Å². The van der Waals surface area contributed by atoms with Crippen LogP contribution >= 0.6 is 11.8 Å². The van der Waals surface area contributed by atoms with E-state index in [-0.39, 0.29) is 24.2 Å². The van der Waals surface area contributed by atoms with Crippen molar-refractivity contribution in [3.8, 4) is 0 Å². The maximum atomic E-state index is 12.6. The first-order valence-corrected chi connectivity index (χ1v) is 11.9. The smallest absolute Gasteiger partial charge is 0.227 e. The summed E-state index contributed by atoms with van der Waals surface area (Å²) in [5.74, 6) is -0.242. The predicted octanol–water partition coefficient (Wildman–Crippen LogP) is 3.33. The minimum absolute atomic E-state index is 0.00383. The summed E-state index contributed by atoms with van der Waals surface area (Å²) in [6.07, 6.45) is 4.33. The zero-order valence-corrected chi connectivity index (χ0v) is 18.3. The van der Waals surface area contributed by atoms with Gasteiger partial charge in [-0.2, -0.15) is 0 Å². The Morgan fingerprint density at radius 2 is 2.00 bits per heavy atom. The van der Waals surface area contributed by atoms with E-state index in [9.17, 15) is 9.59 Å². The van der Waals surface area contributed by atoms with Crippen LogP contribution in [0, 0.1) is 5.92 Å². The highest BCUT2D eigenvalue weighted by molar-refractivity contribution is 7.98. The Hall–Kier alpha value is -2.31. The van der Waals surface area contributed by atoms with Gasteiger partial charge in [-0.15, -0.1) is 11.8 Å². The maximum absolute atomic E-state index is 12.6. The number of carbonyl (C=O) groups excluding carboxylic acids is 2. The Morgan fingerprint density at radius 1 is 1.17 bits per heavy atom.